The van der Waals surface area contributed by atoms with Gasteiger partial charge in [-0.3, -0.25) is 14.9 Å². The number of carbonyl (C=O) groups is 1. The van der Waals surface area contributed by atoms with Gasteiger partial charge in [0.2, 0.25) is 0 Å². The highest BCUT2D eigenvalue weighted by Crippen LogP contribution is 2.27. The van der Waals surface area contributed by atoms with Crippen LogP contribution in [0.3, 0.4) is 0 Å². The highest BCUT2D eigenvalue weighted by atomic mass is 79.9. The first kappa shape index (κ1) is 16.4. The van der Waals surface area contributed by atoms with E-state index >= 15 is 0 Å². The first-order valence-corrected chi connectivity index (χ1v) is 7.19. The first-order valence-electron chi connectivity index (χ1n) is 6.40. The monoisotopic (exact) mass is 344 g/mol. The predicted octanol–water partition coefficient (Wildman–Crippen LogP) is 3.80. The normalized spacial score (nSPS) is 10.2. The van der Waals surface area contributed by atoms with E-state index in [9.17, 15) is 14.9 Å². The van der Waals surface area contributed by atoms with Gasteiger partial charge >= 0.3 is 5.97 Å². The second-order valence-corrected chi connectivity index (χ2v) is 5.32. The fourth-order valence-corrected chi connectivity index (χ4v) is 2.15. The molecule has 0 bridgehead atoms. The van der Waals surface area contributed by atoms with E-state index in [1.54, 1.807) is 12.1 Å². The summed E-state index contributed by atoms with van der Waals surface area (Å²) < 4.78 is 0.784. The number of unbranched alkanes of at least 4 members (excludes halogenated alkanes) is 3. The first-order chi connectivity index (χ1) is 9.50. The van der Waals surface area contributed by atoms with Gasteiger partial charge in [0, 0.05) is 23.5 Å². The molecule has 1 aromatic rings. The SMILES string of the molecule is O=C(O)CCCCCCNc1cc(Br)ccc1[N+](=O)[O-]. The molecule has 1 rings (SSSR count). The van der Waals surface area contributed by atoms with Gasteiger partial charge in [-0.1, -0.05) is 28.8 Å². The van der Waals surface area contributed by atoms with E-state index in [-0.39, 0.29) is 12.1 Å². The van der Waals surface area contributed by atoms with Crippen LogP contribution in [-0.4, -0.2) is 22.5 Å². The lowest BCUT2D eigenvalue weighted by Crippen LogP contribution is -2.04. The minimum absolute atomic E-state index is 0.0547. The number of halogens is 1. The number of carboxylic acid groups (broad SMARTS) is 1. The molecule has 110 valence electrons. The molecular formula is C13H17BrN2O4. The number of nitrogens with one attached hydrogen (secondary N) is 1. The molecule has 0 aliphatic heterocycles. The molecule has 0 saturated carbocycles. The molecule has 1 aromatic carbocycles. The average Bonchev–Trinajstić information content (AvgIpc) is 2.37. The minimum atomic E-state index is -0.770. The van der Waals surface area contributed by atoms with E-state index in [0.717, 1.165) is 23.7 Å². The quantitative estimate of drug-likeness (QED) is 0.403. The number of hydrogen-bond acceptors (Lipinski definition) is 4. The van der Waals surface area contributed by atoms with E-state index in [1.807, 2.05) is 0 Å². The highest BCUT2D eigenvalue weighted by molar-refractivity contribution is 9.10. The predicted molar refractivity (Wildman–Crippen MR) is 80.0 cm³/mol. The lowest BCUT2D eigenvalue weighted by molar-refractivity contribution is -0.384. The van der Waals surface area contributed by atoms with Gasteiger partial charge in [-0.05, 0) is 25.0 Å². The molecule has 0 aliphatic rings. The van der Waals surface area contributed by atoms with Gasteiger partial charge in [-0.15, -0.1) is 0 Å². The van der Waals surface area contributed by atoms with Crippen molar-refractivity contribution in [2.24, 2.45) is 0 Å². The zero-order valence-electron chi connectivity index (χ0n) is 11.0. The van der Waals surface area contributed by atoms with Crippen LogP contribution >= 0.6 is 15.9 Å². The van der Waals surface area contributed by atoms with Crippen LogP contribution in [0.2, 0.25) is 0 Å². The fourth-order valence-electron chi connectivity index (χ4n) is 1.79. The lowest BCUT2D eigenvalue weighted by atomic mass is 10.1. The number of benzene rings is 1. The Labute approximate surface area is 125 Å². The number of hydrogen-bond donors (Lipinski definition) is 2. The van der Waals surface area contributed by atoms with Gasteiger partial charge in [0.25, 0.3) is 5.69 Å². The smallest absolute Gasteiger partial charge is 0.303 e. The van der Waals surface area contributed by atoms with E-state index in [1.165, 1.54) is 6.07 Å². The summed E-state index contributed by atoms with van der Waals surface area (Å²) in [6.07, 6.45) is 3.48. The maximum atomic E-state index is 10.9. The molecule has 0 spiro atoms. The third kappa shape index (κ3) is 6.01. The summed E-state index contributed by atoms with van der Waals surface area (Å²) in [5.74, 6) is -0.770. The molecule has 0 unspecified atom stereocenters. The van der Waals surface area contributed by atoms with Crippen molar-refractivity contribution >= 4 is 33.3 Å². The molecular weight excluding hydrogens is 328 g/mol. The fraction of sp³-hybridized carbons (Fsp3) is 0.462. The van der Waals surface area contributed by atoms with Gasteiger partial charge in [0.1, 0.15) is 5.69 Å². The highest BCUT2D eigenvalue weighted by Gasteiger charge is 2.12. The number of nitro benzene ring substituents is 1. The van der Waals surface area contributed by atoms with Crippen LogP contribution in [0.1, 0.15) is 32.1 Å². The molecule has 0 heterocycles. The maximum absolute atomic E-state index is 10.9. The van der Waals surface area contributed by atoms with Gasteiger partial charge in [-0.25, -0.2) is 0 Å². The Hall–Kier alpha value is -1.63. The van der Waals surface area contributed by atoms with Gasteiger partial charge in [-0.2, -0.15) is 0 Å². The summed E-state index contributed by atoms with van der Waals surface area (Å²) in [6.45, 7) is 0.629. The Balaban J connectivity index is 2.33. The number of anilines is 1. The average molecular weight is 345 g/mol. The number of aliphatic carboxylic acids is 1. The number of nitro groups is 1. The van der Waals surface area contributed by atoms with Crippen LogP contribution in [-0.2, 0) is 4.79 Å². The standard InChI is InChI=1S/C13H17BrN2O4/c14-10-6-7-12(16(19)20)11(9-10)15-8-4-2-1-3-5-13(17)18/h6-7,9,15H,1-5,8H2,(H,17,18). The molecule has 0 saturated heterocycles. The van der Waals surface area contributed by atoms with Crippen molar-refractivity contribution in [3.63, 3.8) is 0 Å². The van der Waals surface area contributed by atoms with Crippen molar-refractivity contribution in [2.45, 2.75) is 32.1 Å². The number of rotatable bonds is 9. The molecule has 2 N–H and O–H groups in total. The van der Waals surface area contributed by atoms with Crippen molar-refractivity contribution in [1.29, 1.82) is 0 Å². The topological polar surface area (TPSA) is 92.5 Å². The minimum Gasteiger partial charge on any atom is -0.481 e. The largest absolute Gasteiger partial charge is 0.481 e. The molecule has 0 atom stereocenters. The summed E-state index contributed by atoms with van der Waals surface area (Å²) in [6, 6.07) is 4.77. The molecule has 0 amide bonds. The molecule has 0 aliphatic carbocycles. The summed E-state index contributed by atoms with van der Waals surface area (Å²) in [7, 11) is 0. The molecule has 0 radical (unpaired) electrons. The second-order valence-electron chi connectivity index (χ2n) is 4.40. The van der Waals surface area contributed by atoms with Crippen molar-refractivity contribution in [1.82, 2.24) is 0 Å². The van der Waals surface area contributed by atoms with Crippen molar-refractivity contribution < 1.29 is 14.8 Å². The Morgan fingerprint density at radius 3 is 2.65 bits per heavy atom. The van der Waals surface area contributed by atoms with Crippen LogP contribution in [0.25, 0.3) is 0 Å². The summed E-state index contributed by atoms with van der Waals surface area (Å²) in [4.78, 5) is 20.8. The Kier molecular flexibility index (Phi) is 7.00. The lowest BCUT2D eigenvalue weighted by Gasteiger charge is -2.07. The van der Waals surface area contributed by atoms with E-state index in [4.69, 9.17) is 5.11 Å². The van der Waals surface area contributed by atoms with Crippen molar-refractivity contribution in [3.8, 4) is 0 Å². The Morgan fingerprint density at radius 2 is 2.00 bits per heavy atom. The van der Waals surface area contributed by atoms with Crippen LogP contribution in [0, 0.1) is 10.1 Å². The van der Waals surface area contributed by atoms with E-state index < -0.39 is 10.9 Å². The molecule has 7 heteroatoms. The van der Waals surface area contributed by atoms with E-state index in [0.29, 0.717) is 18.7 Å². The van der Waals surface area contributed by atoms with Gasteiger partial charge in [0.05, 0.1) is 4.92 Å². The third-order valence-corrected chi connectivity index (χ3v) is 3.28. The van der Waals surface area contributed by atoms with Gasteiger partial charge < -0.3 is 10.4 Å². The zero-order valence-corrected chi connectivity index (χ0v) is 12.6. The summed E-state index contributed by atoms with van der Waals surface area (Å²) >= 11 is 3.28. The number of carboxylic acids is 1. The van der Waals surface area contributed by atoms with Crippen LogP contribution in [0.15, 0.2) is 22.7 Å². The van der Waals surface area contributed by atoms with Crippen molar-refractivity contribution in [3.05, 3.63) is 32.8 Å². The number of nitrogens with zero attached hydrogens (tertiary/aromatic N) is 1. The summed E-state index contributed by atoms with van der Waals surface area (Å²) in [5, 5.41) is 22.4. The van der Waals surface area contributed by atoms with E-state index in [2.05, 4.69) is 21.2 Å². The van der Waals surface area contributed by atoms with Crippen LogP contribution in [0.5, 0.6) is 0 Å². The molecule has 0 aromatic heterocycles. The zero-order chi connectivity index (χ0) is 15.0. The molecule has 20 heavy (non-hydrogen) atoms. The summed E-state index contributed by atoms with van der Waals surface area (Å²) in [5.41, 5.74) is 0.550. The molecule has 0 fully saturated rings. The maximum Gasteiger partial charge on any atom is 0.303 e. The molecule has 6 nitrogen and oxygen atoms in total. The van der Waals surface area contributed by atoms with Crippen LogP contribution in [0.4, 0.5) is 11.4 Å². The van der Waals surface area contributed by atoms with Crippen LogP contribution < -0.4 is 5.32 Å². The van der Waals surface area contributed by atoms with Gasteiger partial charge in [0.15, 0.2) is 0 Å². The third-order valence-electron chi connectivity index (χ3n) is 2.79. The Bertz CT molecular complexity index is 479. The van der Waals surface area contributed by atoms with Crippen molar-refractivity contribution in [2.75, 3.05) is 11.9 Å². The second kappa shape index (κ2) is 8.52. The Morgan fingerprint density at radius 1 is 1.30 bits per heavy atom.